The van der Waals surface area contributed by atoms with Crippen molar-refractivity contribution in [2.24, 2.45) is 5.92 Å². The van der Waals surface area contributed by atoms with Crippen molar-refractivity contribution in [1.29, 1.82) is 0 Å². The molecular weight excluding hydrogens is 247 g/mol. The first-order valence-electron chi connectivity index (χ1n) is 7.45. The molecule has 0 heterocycles. The molecule has 0 N–H and O–H groups in total. The highest BCUT2D eigenvalue weighted by atomic mass is 16.2. The second-order valence-electron chi connectivity index (χ2n) is 5.65. The van der Waals surface area contributed by atoms with Crippen LogP contribution < -0.4 is 0 Å². The zero-order chi connectivity index (χ0) is 14.9. The fraction of sp³-hybridized carbons (Fsp3) is 0.412. The van der Waals surface area contributed by atoms with Crippen LogP contribution in [-0.4, -0.2) is 18.3 Å². The molecule has 0 amide bonds. The minimum Gasteiger partial charge on any atom is -0.286 e. The van der Waals surface area contributed by atoms with Gasteiger partial charge in [0.05, 0.1) is 0 Å². The monoisotopic (exact) mass is 268 g/mol. The average Bonchev–Trinajstić information content (AvgIpc) is 2.49. The van der Waals surface area contributed by atoms with Crippen molar-refractivity contribution in [2.75, 3.05) is 0 Å². The van der Waals surface area contributed by atoms with Gasteiger partial charge in [0.1, 0.15) is 0 Å². The molecule has 1 aliphatic rings. The molecule has 0 aliphatic heterocycles. The van der Waals surface area contributed by atoms with E-state index in [0.29, 0.717) is 5.56 Å². The van der Waals surface area contributed by atoms with Crippen LogP contribution in [0.3, 0.4) is 0 Å². The fourth-order valence-corrected chi connectivity index (χ4v) is 2.86. The Morgan fingerprint density at radius 3 is 2.20 bits per heavy atom. The van der Waals surface area contributed by atoms with E-state index in [0.717, 1.165) is 29.4 Å². The van der Waals surface area contributed by atoms with E-state index in [9.17, 15) is 9.59 Å². The summed E-state index contributed by atoms with van der Waals surface area (Å²) in [5.74, 6) is -0.353. The van der Waals surface area contributed by atoms with Gasteiger partial charge < -0.3 is 0 Å². The lowest BCUT2D eigenvalue weighted by molar-refractivity contribution is -0.111. The van der Waals surface area contributed by atoms with E-state index in [1.54, 1.807) is 6.07 Å². The average molecular weight is 268 g/mol. The Kier molecular flexibility index (Phi) is 4.27. The zero-order valence-electron chi connectivity index (χ0n) is 12.7. The Hall–Kier alpha value is -1.64. The summed E-state index contributed by atoms with van der Waals surface area (Å²) in [4.78, 5) is 24.8. The summed E-state index contributed by atoms with van der Waals surface area (Å²) in [5.41, 5.74) is 3.36. The van der Waals surface area contributed by atoms with Gasteiger partial charge in [0, 0.05) is 5.56 Å². The summed E-state index contributed by atoms with van der Waals surface area (Å²) in [6.07, 6.45) is 1.83. The third-order valence-electron chi connectivity index (χ3n) is 4.41. The van der Waals surface area contributed by atoms with E-state index in [2.05, 4.69) is 20.8 Å². The molecule has 0 radical (unpaired) electrons. The number of hydrogen-bond donors (Lipinski definition) is 0. The molecule has 104 valence electrons. The number of carbonyl (C=O) groups is 2. The molecule has 3 heteroatoms. The van der Waals surface area contributed by atoms with Gasteiger partial charge in [0.15, 0.2) is 6.71 Å². The molecule has 0 bridgehead atoms. The summed E-state index contributed by atoms with van der Waals surface area (Å²) >= 11 is 0. The predicted octanol–water partition coefficient (Wildman–Crippen LogP) is 3.94. The molecule has 1 aromatic carbocycles. The molecule has 0 saturated heterocycles. The van der Waals surface area contributed by atoms with Crippen LogP contribution in [0.15, 0.2) is 29.7 Å². The summed E-state index contributed by atoms with van der Waals surface area (Å²) < 4.78 is 0. The quantitative estimate of drug-likeness (QED) is 0.612. The maximum absolute atomic E-state index is 12.5. The molecule has 0 unspecified atom stereocenters. The van der Waals surface area contributed by atoms with Crippen LogP contribution in [0.2, 0.25) is 13.1 Å². The van der Waals surface area contributed by atoms with E-state index in [1.807, 2.05) is 25.0 Å². The standard InChI is InChI=1S/C17H21BO2/c1-5-11(3)14-12-9-7-8-10-13(12)16(19)17(20)15(14)18(4)6-2/h7-11H,5-6H2,1-4H3/t11-/m1/s1. The molecule has 0 aromatic heterocycles. The van der Waals surface area contributed by atoms with Crippen molar-refractivity contribution in [3.63, 3.8) is 0 Å². The van der Waals surface area contributed by atoms with Gasteiger partial charge in [-0.2, -0.15) is 0 Å². The number of carbonyl (C=O) groups excluding carboxylic acids is 2. The van der Waals surface area contributed by atoms with Crippen LogP contribution >= 0.6 is 0 Å². The van der Waals surface area contributed by atoms with Crippen molar-refractivity contribution in [1.82, 2.24) is 0 Å². The van der Waals surface area contributed by atoms with Crippen molar-refractivity contribution in [3.8, 4) is 0 Å². The number of fused-ring (bicyclic) bond motifs is 1. The van der Waals surface area contributed by atoms with Crippen molar-refractivity contribution in [2.45, 2.75) is 40.3 Å². The SMILES string of the molecule is CCB(C)C1=C([C@H](C)CC)c2ccccc2C(=O)C1=O. The van der Waals surface area contributed by atoms with E-state index in [4.69, 9.17) is 0 Å². The van der Waals surface area contributed by atoms with Crippen molar-refractivity contribution >= 4 is 23.9 Å². The lowest BCUT2D eigenvalue weighted by atomic mass is 9.41. The highest BCUT2D eigenvalue weighted by Crippen LogP contribution is 2.37. The Balaban J connectivity index is 2.76. The molecule has 20 heavy (non-hydrogen) atoms. The number of allylic oxidation sites excluding steroid dienone is 2. The highest BCUT2D eigenvalue weighted by molar-refractivity contribution is 6.79. The van der Waals surface area contributed by atoms with Crippen LogP contribution in [0, 0.1) is 5.92 Å². The topological polar surface area (TPSA) is 34.1 Å². The van der Waals surface area contributed by atoms with Gasteiger partial charge in [-0.05, 0) is 28.9 Å². The van der Waals surface area contributed by atoms with Crippen LogP contribution in [-0.2, 0) is 4.79 Å². The van der Waals surface area contributed by atoms with Crippen molar-refractivity contribution < 1.29 is 9.59 Å². The first-order valence-corrected chi connectivity index (χ1v) is 7.45. The fourth-order valence-electron chi connectivity index (χ4n) is 2.86. The number of ketones is 2. The summed E-state index contributed by atoms with van der Waals surface area (Å²) in [6.45, 7) is 8.48. The molecular formula is C17H21BO2. The Bertz CT molecular complexity index is 586. The Morgan fingerprint density at radius 2 is 1.65 bits per heavy atom. The zero-order valence-corrected chi connectivity index (χ0v) is 12.7. The molecule has 2 nitrogen and oxygen atoms in total. The third-order valence-corrected chi connectivity index (χ3v) is 4.41. The molecule has 0 spiro atoms. The van der Waals surface area contributed by atoms with E-state index < -0.39 is 0 Å². The van der Waals surface area contributed by atoms with E-state index in [1.165, 1.54) is 0 Å². The van der Waals surface area contributed by atoms with Gasteiger partial charge in [-0.1, -0.05) is 58.2 Å². The first kappa shape index (κ1) is 14.8. The van der Waals surface area contributed by atoms with Crippen LogP contribution in [0.5, 0.6) is 0 Å². The maximum Gasteiger partial charge on any atom is 0.232 e. The van der Waals surface area contributed by atoms with Gasteiger partial charge in [0.25, 0.3) is 0 Å². The Morgan fingerprint density at radius 1 is 1.05 bits per heavy atom. The number of rotatable bonds is 4. The molecule has 1 aromatic rings. The lowest BCUT2D eigenvalue weighted by Gasteiger charge is -2.27. The summed E-state index contributed by atoms with van der Waals surface area (Å²) in [7, 11) is 0. The van der Waals surface area contributed by atoms with Gasteiger partial charge in [-0.25, -0.2) is 0 Å². The van der Waals surface area contributed by atoms with E-state index >= 15 is 0 Å². The van der Waals surface area contributed by atoms with Gasteiger partial charge in [0.2, 0.25) is 11.6 Å². The van der Waals surface area contributed by atoms with Crippen molar-refractivity contribution in [3.05, 3.63) is 40.9 Å². The number of Topliss-reactive ketones (excluding diaryl/α,β-unsaturated/α-hetero) is 2. The Labute approximate surface area is 121 Å². The number of benzene rings is 1. The summed E-state index contributed by atoms with van der Waals surface area (Å²) in [5, 5.41) is 0. The lowest BCUT2D eigenvalue weighted by Crippen LogP contribution is -2.32. The minimum absolute atomic E-state index is 0.129. The molecule has 2 rings (SSSR count). The maximum atomic E-state index is 12.5. The first-order chi connectivity index (χ1) is 9.52. The van der Waals surface area contributed by atoms with Gasteiger partial charge in [-0.15, -0.1) is 0 Å². The normalized spacial score (nSPS) is 16.2. The third kappa shape index (κ3) is 2.26. The van der Waals surface area contributed by atoms with Crippen LogP contribution in [0.1, 0.15) is 43.1 Å². The molecule has 0 saturated carbocycles. The van der Waals surface area contributed by atoms with Gasteiger partial charge >= 0.3 is 0 Å². The van der Waals surface area contributed by atoms with E-state index in [-0.39, 0.29) is 24.2 Å². The second kappa shape index (κ2) is 5.78. The second-order valence-corrected chi connectivity index (χ2v) is 5.65. The number of hydrogen-bond acceptors (Lipinski definition) is 2. The van der Waals surface area contributed by atoms with Gasteiger partial charge in [-0.3, -0.25) is 9.59 Å². The minimum atomic E-state index is -0.344. The van der Waals surface area contributed by atoms with Crippen LogP contribution in [0.25, 0.3) is 5.57 Å². The summed E-state index contributed by atoms with van der Waals surface area (Å²) in [6, 6.07) is 7.51. The largest absolute Gasteiger partial charge is 0.286 e. The molecule has 1 aliphatic carbocycles. The molecule has 1 atom stereocenters. The highest BCUT2D eigenvalue weighted by Gasteiger charge is 2.36. The predicted molar refractivity (Wildman–Crippen MR) is 84.3 cm³/mol. The smallest absolute Gasteiger partial charge is 0.232 e. The van der Waals surface area contributed by atoms with Crippen LogP contribution in [0.4, 0.5) is 0 Å². The molecule has 0 fully saturated rings.